The van der Waals surface area contributed by atoms with Crippen LogP contribution in [0.3, 0.4) is 0 Å². The third-order valence-electron chi connectivity index (χ3n) is 5.39. The van der Waals surface area contributed by atoms with E-state index in [0.29, 0.717) is 11.1 Å². The van der Waals surface area contributed by atoms with Gasteiger partial charge in [0.1, 0.15) is 17.5 Å². The summed E-state index contributed by atoms with van der Waals surface area (Å²) >= 11 is 0. The minimum atomic E-state index is -4.53. The molecule has 0 heterocycles. The van der Waals surface area contributed by atoms with E-state index < -0.39 is 23.5 Å². The normalized spacial score (nSPS) is 15.6. The summed E-state index contributed by atoms with van der Waals surface area (Å²) in [7, 11) is 0. The van der Waals surface area contributed by atoms with E-state index in [-0.39, 0.29) is 34.3 Å². The zero-order valence-electron chi connectivity index (χ0n) is 17.5. The predicted molar refractivity (Wildman–Crippen MR) is 106 cm³/mol. The molecule has 0 amide bonds. The molecule has 2 aromatic carbocycles. The van der Waals surface area contributed by atoms with Crippen molar-refractivity contribution in [2.75, 3.05) is 0 Å². The minimum absolute atomic E-state index is 0.0654. The highest BCUT2D eigenvalue weighted by atomic mass is 19.4. The lowest BCUT2D eigenvalue weighted by atomic mass is 9.77. The van der Waals surface area contributed by atoms with E-state index in [1.807, 2.05) is 27.7 Å². The van der Waals surface area contributed by atoms with Crippen LogP contribution in [0.1, 0.15) is 79.8 Å². The van der Waals surface area contributed by atoms with Crippen LogP contribution in [-0.4, -0.2) is 16.4 Å². The fourth-order valence-electron chi connectivity index (χ4n) is 3.65. The van der Waals surface area contributed by atoms with Gasteiger partial charge in [-0.2, -0.15) is 13.2 Å². The molecule has 0 aliphatic carbocycles. The van der Waals surface area contributed by atoms with E-state index >= 15 is 0 Å². The number of aliphatic hydroxyl groups is 1. The summed E-state index contributed by atoms with van der Waals surface area (Å²) in [5.74, 6) is -0.0996. The molecule has 2 rings (SSSR count). The van der Waals surface area contributed by atoms with Crippen molar-refractivity contribution in [3.8, 4) is 5.75 Å². The summed E-state index contributed by atoms with van der Waals surface area (Å²) in [6.07, 6.45) is -6.33. The summed E-state index contributed by atoms with van der Waals surface area (Å²) in [6.45, 7) is 10.1. The molecule has 2 aromatic rings. The molecule has 2 nitrogen and oxygen atoms in total. The summed E-state index contributed by atoms with van der Waals surface area (Å²) in [5, 5.41) is 22.1. The van der Waals surface area contributed by atoms with Crippen LogP contribution in [0.4, 0.5) is 17.6 Å². The number of alkyl halides is 4. The van der Waals surface area contributed by atoms with Gasteiger partial charge < -0.3 is 10.2 Å². The van der Waals surface area contributed by atoms with Crippen molar-refractivity contribution < 1.29 is 27.8 Å². The minimum Gasteiger partial charge on any atom is -0.507 e. The number of phenolic OH excluding ortho intramolecular Hbond substituents is 1. The van der Waals surface area contributed by atoms with Crippen LogP contribution in [-0.2, 0) is 11.8 Å². The highest BCUT2D eigenvalue weighted by Gasteiger charge is 2.41. The summed E-state index contributed by atoms with van der Waals surface area (Å²) in [4.78, 5) is 0. The first-order valence-electron chi connectivity index (χ1n) is 9.63. The quantitative estimate of drug-likeness (QED) is 0.546. The SMILES string of the molecule is Cc1cc(C(F)(F)F)ccc1C(O)(c1cc(C(C)C)c(O)c(C(C)C)c1)C(C)F. The van der Waals surface area contributed by atoms with Crippen molar-refractivity contribution in [3.63, 3.8) is 0 Å². The van der Waals surface area contributed by atoms with Gasteiger partial charge in [0.25, 0.3) is 0 Å². The standard InChI is InChI=1S/C23H28F4O2/c1-12(2)18-10-17(11-19(13(3)4)21(18)28)22(29,15(6)24)20-8-7-16(9-14(20)5)23(25,26)27/h7-13,15,28-29H,1-6H3. The van der Waals surface area contributed by atoms with Crippen LogP contribution < -0.4 is 0 Å². The Bertz CT molecular complexity index is 856. The van der Waals surface area contributed by atoms with Gasteiger partial charge in [-0.15, -0.1) is 0 Å². The number of phenols is 1. The maximum Gasteiger partial charge on any atom is 0.416 e. The maximum atomic E-state index is 14.9. The zero-order chi connectivity index (χ0) is 22.3. The molecule has 0 radical (unpaired) electrons. The first kappa shape index (κ1) is 23.2. The van der Waals surface area contributed by atoms with Gasteiger partial charge in [-0.05, 0) is 77.8 Å². The molecule has 0 saturated carbocycles. The molecule has 0 aliphatic heterocycles. The monoisotopic (exact) mass is 412 g/mol. The smallest absolute Gasteiger partial charge is 0.416 e. The number of benzene rings is 2. The Balaban J connectivity index is 2.80. The zero-order valence-corrected chi connectivity index (χ0v) is 17.5. The second-order valence-electron chi connectivity index (χ2n) is 8.22. The number of rotatable bonds is 5. The summed E-state index contributed by atoms with van der Waals surface area (Å²) in [5.41, 5.74) is -1.50. The van der Waals surface area contributed by atoms with Gasteiger partial charge in [-0.3, -0.25) is 0 Å². The largest absolute Gasteiger partial charge is 0.507 e. The molecule has 2 atom stereocenters. The first-order valence-corrected chi connectivity index (χ1v) is 9.63. The second kappa shape index (κ2) is 7.98. The van der Waals surface area contributed by atoms with Crippen LogP contribution in [0, 0.1) is 6.92 Å². The first-order chi connectivity index (χ1) is 13.2. The molecule has 0 fully saturated rings. The van der Waals surface area contributed by atoms with Crippen LogP contribution in [0.15, 0.2) is 30.3 Å². The van der Waals surface area contributed by atoms with Gasteiger partial charge in [-0.25, -0.2) is 4.39 Å². The Morgan fingerprint density at radius 3 is 1.66 bits per heavy atom. The average Bonchev–Trinajstić information content (AvgIpc) is 2.59. The Labute approximate surface area is 169 Å². The van der Waals surface area contributed by atoms with Crippen molar-refractivity contribution in [1.82, 2.24) is 0 Å². The molecule has 29 heavy (non-hydrogen) atoms. The molecule has 160 valence electrons. The Morgan fingerprint density at radius 2 is 1.31 bits per heavy atom. The molecule has 0 bridgehead atoms. The number of hydrogen-bond acceptors (Lipinski definition) is 2. The second-order valence-corrected chi connectivity index (χ2v) is 8.22. The van der Waals surface area contributed by atoms with Gasteiger partial charge in [0.15, 0.2) is 0 Å². The van der Waals surface area contributed by atoms with Crippen molar-refractivity contribution in [2.24, 2.45) is 0 Å². The van der Waals surface area contributed by atoms with Crippen molar-refractivity contribution in [2.45, 2.75) is 71.3 Å². The summed E-state index contributed by atoms with van der Waals surface area (Å²) < 4.78 is 54.0. The number of hydrogen-bond donors (Lipinski definition) is 2. The Morgan fingerprint density at radius 1 is 0.828 bits per heavy atom. The van der Waals surface area contributed by atoms with E-state index in [1.165, 1.54) is 13.8 Å². The fraction of sp³-hybridized carbons (Fsp3) is 0.478. The Kier molecular flexibility index (Phi) is 6.38. The van der Waals surface area contributed by atoms with E-state index in [4.69, 9.17) is 0 Å². The van der Waals surface area contributed by atoms with Crippen LogP contribution in [0.5, 0.6) is 5.75 Å². The van der Waals surface area contributed by atoms with E-state index in [9.17, 15) is 27.8 Å². The third-order valence-corrected chi connectivity index (χ3v) is 5.39. The van der Waals surface area contributed by atoms with Crippen LogP contribution >= 0.6 is 0 Å². The van der Waals surface area contributed by atoms with Crippen LogP contribution in [0.25, 0.3) is 0 Å². The Hall–Kier alpha value is -2.08. The van der Waals surface area contributed by atoms with E-state index in [2.05, 4.69) is 0 Å². The fourth-order valence-corrected chi connectivity index (χ4v) is 3.65. The summed E-state index contributed by atoms with van der Waals surface area (Å²) in [6, 6.07) is 5.97. The van der Waals surface area contributed by atoms with Crippen LogP contribution in [0.2, 0.25) is 0 Å². The topological polar surface area (TPSA) is 40.5 Å². The van der Waals surface area contributed by atoms with Gasteiger partial charge in [0, 0.05) is 0 Å². The van der Waals surface area contributed by atoms with E-state index in [0.717, 1.165) is 18.2 Å². The molecule has 0 aliphatic rings. The van der Waals surface area contributed by atoms with Gasteiger partial charge in [-0.1, -0.05) is 33.8 Å². The lowest BCUT2D eigenvalue weighted by molar-refractivity contribution is -0.137. The van der Waals surface area contributed by atoms with Crippen molar-refractivity contribution in [1.29, 1.82) is 0 Å². The van der Waals surface area contributed by atoms with Gasteiger partial charge in [0.2, 0.25) is 0 Å². The molecule has 0 saturated heterocycles. The van der Waals surface area contributed by atoms with Gasteiger partial charge in [0.05, 0.1) is 5.56 Å². The number of aryl methyl sites for hydroxylation is 1. The molecule has 2 unspecified atom stereocenters. The number of halogens is 4. The molecular weight excluding hydrogens is 384 g/mol. The van der Waals surface area contributed by atoms with Crippen molar-refractivity contribution >= 4 is 0 Å². The molecule has 2 N–H and O–H groups in total. The van der Waals surface area contributed by atoms with Gasteiger partial charge >= 0.3 is 6.18 Å². The number of aromatic hydroxyl groups is 1. The molecule has 0 aromatic heterocycles. The highest BCUT2D eigenvalue weighted by molar-refractivity contribution is 5.52. The lowest BCUT2D eigenvalue weighted by Gasteiger charge is -2.34. The molecular formula is C23H28F4O2. The average molecular weight is 412 g/mol. The third kappa shape index (κ3) is 4.27. The molecule has 6 heteroatoms. The maximum absolute atomic E-state index is 14.9. The molecule has 0 spiro atoms. The highest BCUT2D eigenvalue weighted by Crippen LogP contribution is 2.43. The predicted octanol–water partition coefficient (Wildman–Crippen LogP) is 6.56. The van der Waals surface area contributed by atoms with E-state index in [1.54, 1.807) is 12.1 Å². The van der Waals surface area contributed by atoms with Crippen molar-refractivity contribution in [3.05, 3.63) is 63.7 Å². The lowest BCUT2D eigenvalue weighted by Crippen LogP contribution is -2.37.